The number of urea groups is 1. The first-order chi connectivity index (χ1) is 12.1. The van der Waals surface area contributed by atoms with E-state index in [1.807, 2.05) is 23.9 Å². The summed E-state index contributed by atoms with van der Waals surface area (Å²) in [5.41, 5.74) is 2.17. The average Bonchev–Trinajstić information content (AvgIpc) is 2.62. The van der Waals surface area contributed by atoms with E-state index < -0.39 is 12.1 Å². The van der Waals surface area contributed by atoms with Gasteiger partial charge >= 0.3 is 6.03 Å². The van der Waals surface area contributed by atoms with Crippen LogP contribution in [0.1, 0.15) is 19.4 Å². The predicted octanol–water partition coefficient (Wildman–Crippen LogP) is 1.92. The van der Waals surface area contributed by atoms with Crippen LogP contribution in [-0.2, 0) is 11.2 Å². The van der Waals surface area contributed by atoms with Gasteiger partial charge in [0, 0.05) is 43.4 Å². The van der Waals surface area contributed by atoms with Crippen LogP contribution in [0.25, 0.3) is 0 Å². The van der Waals surface area contributed by atoms with E-state index in [9.17, 15) is 9.59 Å². The molecule has 0 aromatic heterocycles. The third kappa shape index (κ3) is 6.96. The fraction of sp³-hybridized carbons (Fsp3) is 0.556. The van der Waals surface area contributed by atoms with E-state index in [2.05, 4.69) is 33.0 Å². The molecule has 0 aliphatic carbocycles. The maximum absolute atomic E-state index is 11.9. The number of nitrogens with one attached hydrogen (secondary N) is 3. The van der Waals surface area contributed by atoms with Gasteiger partial charge in [-0.3, -0.25) is 10.1 Å². The summed E-state index contributed by atoms with van der Waals surface area (Å²) in [4.78, 5) is 25.8. The number of imide groups is 1. The van der Waals surface area contributed by atoms with Crippen LogP contribution in [0.15, 0.2) is 24.3 Å². The molecule has 1 fully saturated rings. The van der Waals surface area contributed by atoms with Crippen LogP contribution >= 0.6 is 11.8 Å². The van der Waals surface area contributed by atoms with E-state index in [4.69, 9.17) is 0 Å². The molecular weight excluding hydrogens is 336 g/mol. The van der Waals surface area contributed by atoms with Crippen molar-refractivity contribution in [2.75, 3.05) is 43.0 Å². The zero-order valence-electron chi connectivity index (χ0n) is 15.0. The van der Waals surface area contributed by atoms with Crippen LogP contribution in [0.3, 0.4) is 0 Å². The number of carbonyl (C=O) groups is 2. The molecule has 3 N–H and O–H groups in total. The number of carbonyl (C=O) groups excluding carboxylic acids is 2. The van der Waals surface area contributed by atoms with E-state index in [-0.39, 0.29) is 5.91 Å². The first-order valence-electron chi connectivity index (χ1n) is 8.82. The molecule has 3 amide bonds. The number of amides is 3. The van der Waals surface area contributed by atoms with Crippen molar-refractivity contribution in [2.45, 2.75) is 26.3 Å². The predicted molar refractivity (Wildman–Crippen MR) is 104 cm³/mol. The molecule has 0 spiro atoms. The highest BCUT2D eigenvalue weighted by Gasteiger charge is 2.15. The first kappa shape index (κ1) is 19.6. The van der Waals surface area contributed by atoms with Gasteiger partial charge in [-0.2, -0.15) is 11.8 Å². The summed E-state index contributed by atoms with van der Waals surface area (Å²) >= 11 is 2.03. The minimum absolute atomic E-state index is 0.349. The average molecular weight is 365 g/mol. The second-order valence-corrected chi connectivity index (χ2v) is 7.34. The monoisotopic (exact) mass is 364 g/mol. The van der Waals surface area contributed by atoms with Crippen molar-refractivity contribution in [1.82, 2.24) is 15.5 Å². The van der Waals surface area contributed by atoms with Gasteiger partial charge in [0.15, 0.2) is 0 Å². The second kappa shape index (κ2) is 10.3. The van der Waals surface area contributed by atoms with E-state index in [1.54, 1.807) is 13.8 Å². The Morgan fingerprint density at radius 2 is 1.88 bits per heavy atom. The van der Waals surface area contributed by atoms with E-state index in [0.717, 1.165) is 18.7 Å². The zero-order valence-corrected chi connectivity index (χ0v) is 15.8. The maximum Gasteiger partial charge on any atom is 0.321 e. The number of benzene rings is 1. The highest BCUT2D eigenvalue weighted by molar-refractivity contribution is 7.99. The summed E-state index contributed by atoms with van der Waals surface area (Å²) in [6.07, 6.45) is 1.04. The minimum atomic E-state index is -0.487. The molecule has 25 heavy (non-hydrogen) atoms. The standard InChI is InChI=1S/C18H28N4O2S/c1-3-19-18(24)21-17(23)14(2)20-16-6-4-15(5-7-16)8-9-22-10-12-25-13-11-22/h4-7,14,20H,3,8-13H2,1-2H3,(H2,19,21,23,24). The van der Waals surface area contributed by atoms with Gasteiger partial charge in [-0.25, -0.2) is 4.79 Å². The Hall–Kier alpha value is -1.73. The normalized spacial score (nSPS) is 16.1. The molecule has 1 aliphatic heterocycles. The fourth-order valence-corrected chi connectivity index (χ4v) is 3.60. The van der Waals surface area contributed by atoms with Crippen molar-refractivity contribution in [3.8, 4) is 0 Å². The van der Waals surface area contributed by atoms with Crippen LogP contribution < -0.4 is 16.0 Å². The lowest BCUT2D eigenvalue weighted by molar-refractivity contribution is -0.120. The Bertz CT molecular complexity index is 559. The largest absolute Gasteiger partial charge is 0.374 e. The van der Waals surface area contributed by atoms with Gasteiger partial charge in [0.1, 0.15) is 6.04 Å². The minimum Gasteiger partial charge on any atom is -0.374 e. The van der Waals surface area contributed by atoms with Crippen molar-refractivity contribution >= 4 is 29.4 Å². The SMILES string of the molecule is CCNC(=O)NC(=O)C(C)Nc1ccc(CCN2CCSCC2)cc1. The number of hydrogen-bond donors (Lipinski definition) is 3. The lowest BCUT2D eigenvalue weighted by atomic mass is 10.1. The van der Waals surface area contributed by atoms with Gasteiger partial charge in [0.05, 0.1) is 0 Å². The van der Waals surface area contributed by atoms with Gasteiger partial charge in [0.2, 0.25) is 5.91 Å². The molecule has 1 saturated heterocycles. The van der Waals surface area contributed by atoms with Crippen molar-refractivity contribution in [1.29, 1.82) is 0 Å². The summed E-state index contributed by atoms with van der Waals surface area (Å²) in [6.45, 7) is 7.48. The summed E-state index contributed by atoms with van der Waals surface area (Å²) in [7, 11) is 0. The van der Waals surface area contributed by atoms with E-state index >= 15 is 0 Å². The Morgan fingerprint density at radius 3 is 2.52 bits per heavy atom. The molecule has 1 heterocycles. The molecule has 0 radical (unpaired) electrons. The van der Waals surface area contributed by atoms with Crippen LogP contribution in [0.5, 0.6) is 0 Å². The molecule has 1 aromatic rings. The van der Waals surface area contributed by atoms with Gasteiger partial charge in [0.25, 0.3) is 0 Å². The summed E-state index contributed by atoms with van der Waals surface area (Å²) in [6, 6.07) is 7.20. The van der Waals surface area contributed by atoms with Crippen LogP contribution in [-0.4, -0.2) is 60.6 Å². The maximum atomic E-state index is 11.9. The summed E-state index contributed by atoms with van der Waals surface area (Å²) in [5.74, 6) is 2.12. The second-order valence-electron chi connectivity index (χ2n) is 6.12. The molecule has 0 bridgehead atoms. The highest BCUT2D eigenvalue weighted by atomic mass is 32.2. The van der Waals surface area contributed by atoms with Gasteiger partial charge in [-0.1, -0.05) is 12.1 Å². The van der Waals surface area contributed by atoms with Gasteiger partial charge in [-0.15, -0.1) is 0 Å². The molecule has 138 valence electrons. The van der Waals surface area contributed by atoms with Gasteiger partial charge in [-0.05, 0) is 38.0 Å². The third-order valence-electron chi connectivity index (χ3n) is 4.12. The topological polar surface area (TPSA) is 73.5 Å². The Morgan fingerprint density at radius 1 is 1.20 bits per heavy atom. The highest BCUT2D eigenvalue weighted by Crippen LogP contribution is 2.13. The number of anilines is 1. The lowest BCUT2D eigenvalue weighted by Gasteiger charge is -2.26. The molecule has 1 unspecified atom stereocenters. The molecule has 7 heteroatoms. The molecule has 1 aromatic carbocycles. The molecule has 6 nitrogen and oxygen atoms in total. The Labute approximate surface area is 154 Å². The number of thioether (sulfide) groups is 1. The summed E-state index contributed by atoms with van der Waals surface area (Å²) in [5, 5.41) is 7.97. The zero-order chi connectivity index (χ0) is 18.1. The number of rotatable bonds is 7. The van der Waals surface area contributed by atoms with Crippen molar-refractivity contribution in [3.63, 3.8) is 0 Å². The Kier molecular flexibility index (Phi) is 8.08. The molecule has 2 rings (SSSR count). The van der Waals surface area contributed by atoms with Gasteiger partial charge < -0.3 is 15.5 Å². The van der Waals surface area contributed by atoms with Crippen LogP contribution in [0.4, 0.5) is 10.5 Å². The first-order valence-corrected chi connectivity index (χ1v) is 9.98. The van der Waals surface area contributed by atoms with E-state index in [0.29, 0.717) is 6.54 Å². The smallest absolute Gasteiger partial charge is 0.321 e. The lowest BCUT2D eigenvalue weighted by Crippen LogP contribution is -2.45. The molecule has 0 saturated carbocycles. The fourth-order valence-electron chi connectivity index (χ4n) is 2.62. The van der Waals surface area contributed by atoms with Crippen molar-refractivity contribution in [3.05, 3.63) is 29.8 Å². The Balaban J connectivity index is 1.76. The quantitative estimate of drug-likeness (QED) is 0.689. The van der Waals surface area contributed by atoms with E-state index in [1.165, 1.54) is 30.2 Å². The van der Waals surface area contributed by atoms with Crippen molar-refractivity contribution in [2.24, 2.45) is 0 Å². The third-order valence-corrected chi connectivity index (χ3v) is 5.07. The van der Waals surface area contributed by atoms with Crippen LogP contribution in [0, 0.1) is 0 Å². The van der Waals surface area contributed by atoms with Crippen molar-refractivity contribution < 1.29 is 9.59 Å². The van der Waals surface area contributed by atoms with Crippen LogP contribution in [0.2, 0.25) is 0 Å². The number of hydrogen-bond acceptors (Lipinski definition) is 5. The molecule has 1 atom stereocenters. The summed E-state index contributed by atoms with van der Waals surface area (Å²) < 4.78 is 0. The number of nitrogens with zero attached hydrogens (tertiary/aromatic N) is 1. The molecule has 1 aliphatic rings. The molecular formula is C18H28N4O2S.